The van der Waals surface area contributed by atoms with Crippen LogP contribution in [0.3, 0.4) is 0 Å². The number of nitrogens with zero attached hydrogens (tertiary/aromatic N) is 3. The molecule has 2 aromatic rings. The van der Waals surface area contributed by atoms with Crippen LogP contribution in [0.1, 0.15) is 26.7 Å². The molecular weight excluding hydrogens is 254 g/mol. The first-order valence-corrected chi connectivity index (χ1v) is 6.14. The normalized spacial score (nSPS) is 12.6. The number of aromatic nitrogens is 4. The number of nitrogens with one attached hydrogen (secondary N) is 2. The summed E-state index contributed by atoms with van der Waals surface area (Å²) < 4.78 is 0. The zero-order chi connectivity index (χ0) is 13.1. The fourth-order valence-electron chi connectivity index (χ4n) is 1.49. The molecule has 0 bridgehead atoms. The molecule has 2 heterocycles. The van der Waals surface area contributed by atoms with Crippen LogP contribution in [-0.2, 0) is 4.79 Å². The summed E-state index contributed by atoms with van der Waals surface area (Å²) in [6.45, 7) is 4.06. The largest absolute Gasteiger partial charge is 0.341 e. The van der Waals surface area contributed by atoms with E-state index in [4.69, 9.17) is 11.6 Å². The predicted octanol–water partition coefficient (Wildman–Crippen LogP) is 2.38. The molecule has 0 fully saturated rings. The van der Waals surface area contributed by atoms with Gasteiger partial charge in [0.15, 0.2) is 10.8 Å². The summed E-state index contributed by atoms with van der Waals surface area (Å²) in [4.78, 5) is 26.6. The van der Waals surface area contributed by atoms with Crippen molar-refractivity contribution in [3.8, 4) is 0 Å². The molecule has 0 saturated heterocycles. The maximum absolute atomic E-state index is 11.7. The third kappa shape index (κ3) is 2.76. The molecule has 2 aromatic heterocycles. The molecule has 1 unspecified atom stereocenters. The number of aromatic amines is 1. The third-order valence-electron chi connectivity index (χ3n) is 2.72. The minimum atomic E-state index is -0.115. The summed E-state index contributed by atoms with van der Waals surface area (Å²) >= 11 is 5.95. The maximum Gasteiger partial charge on any atom is 0.233 e. The van der Waals surface area contributed by atoms with E-state index in [1.807, 2.05) is 13.8 Å². The summed E-state index contributed by atoms with van der Waals surface area (Å²) in [7, 11) is 0. The van der Waals surface area contributed by atoms with Crippen molar-refractivity contribution >= 4 is 34.6 Å². The summed E-state index contributed by atoms with van der Waals surface area (Å²) in [6, 6.07) is 0. The second-order valence-corrected chi connectivity index (χ2v) is 4.56. The molecule has 2 rings (SSSR count). The van der Waals surface area contributed by atoms with Gasteiger partial charge in [0.05, 0.1) is 6.33 Å². The van der Waals surface area contributed by atoms with Crippen molar-refractivity contribution in [1.82, 2.24) is 19.9 Å². The van der Waals surface area contributed by atoms with Crippen molar-refractivity contribution < 1.29 is 4.79 Å². The number of anilines is 1. The van der Waals surface area contributed by atoms with Gasteiger partial charge < -0.3 is 4.98 Å². The maximum atomic E-state index is 11.7. The number of carbonyl (C=O) groups excluding carboxylic acids is 1. The molecule has 0 saturated carbocycles. The van der Waals surface area contributed by atoms with Crippen LogP contribution in [0, 0.1) is 5.92 Å². The molecule has 1 atom stereocenters. The Balaban J connectivity index is 2.14. The first-order valence-electron chi connectivity index (χ1n) is 5.76. The molecule has 0 aliphatic rings. The van der Waals surface area contributed by atoms with Gasteiger partial charge in [-0.25, -0.2) is 4.98 Å². The SMILES string of the molecule is CCC(C)CC(=O)Nc1nc(Cl)c2[nH]cnc2n1. The highest BCUT2D eigenvalue weighted by molar-refractivity contribution is 6.33. The van der Waals surface area contributed by atoms with E-state index in [0.29, 0.717) is 23.5 Å². The lowest BCUT2D eigenvalue weighted by atomic mass is 10.1. The zero-order valence-corrected chi connectivity index (χ0v) is 11.0. The number of hydrogen-bond acceptors (Lipinski definition) is 4. The molecular formula is C11H14ClN5O. The number of amides is 1. The Morgan fingerprint density at radius 2 is 2.33 bits per heavy atom. The van der Waals surface area contributed by atoms with Crippen molar-refractivity contribution in [2.75, 3.05) is 5.32 Å². The molecule has 0 aromatic carbocycles. The van der Waals surface area contributed by atoms with Gasteiger partial charge >= 0.3 is 0 Å². The monoisotopic (exact) mass is 267 g/mol. The number of H-pyrrole nitrogens is 1. The molecule has 96 valence electrons. The van der Waals surface area contributed by atoms with Crippen molar-refractivity contribution in [2.24, 2.45) is 5.92 Å². The summed E-state index contributed by atoms with van der Waals surface area (Å²) in [5, 5.41) is 2.88. The van der Waals surface area contributed by atoms with Crippen LogP contribution >= 0.6 is 11.6 Å². The fourth-order valence-corrected chi connectivity index (χ4v) is 1.71. The van der Waals surface area contributed by atoms with Crippen LogP contribution in [0.25, 0.3) is 11.2 Å². The molecule has 0 aliphatic carbocycles. The molecule has 18 heavy (non-hydrogen) atoms. The third-order valence-corrected chi connectivity index (χ3v) is 3.00. The van der Waals surface area contributed by atoms with Gasteiger partial charge in [0.2, 0.25) is 11.9 Å². The van der Waals surface area contributed by atoms with E-state index in [-0.39, 0.29) is 17.0 Å². The molecule has 2 N–H and O–H groups in total. The topological polar surface area (TPSA) is 83.6 Å². The second-order valence-electron chi connectivity index (χ2n) is 4.20. The van der Waals surface area contributed by atoms with Crippen LogP contribution < -0.4 is 5.32 Å². The van der Waals surface area contributed by atoms with Gasteiger partial charge in [-0.3, -0.25) is 10.1 Å². The first kappa shape index (κ1) is 12.8. The second kappa shape index (κ2) is 5.30. The molecule has 0 aliphatic heterocycles. The highest BCUT2D eigenvalue weighted by Gasteiger charge is 2.12. The van der Waals surface area contributed by atoms with Crippen LogP contribution in [0.5, 0.6) is 0 Å². The van der Waals surface area contributed by atoms with Gasteiger partial charge in [-0.15, -0.1) is 0 Å². The Bertz CT molecular complexity index is 568. The smallest absolute Gasteiger partial charge is 0.233 e. The average Bonchev–Trinajstić information content (AvgIpc) is 2.77. The van der Waals surface area contributed by atoms with Crippen LogP contribution in [0.15, 0.2) is 6.33 Å². The summed E-state index contributed by atoms with van der Waals surface area (Å²) in [5.41, 5.74) is 1.01. The van der Waals surface area contributed by atoms with Crippen molar-refractivity contribution in [3.05, 3.63) is 11.5 Å². The van der Waals surface area contributed by atoms with Gasteiger partial charge in [0.25, 0.3) is 0 Å². The Morgan fingerprint density at radius 3 is 3.06 bits per heavy atom. The minimum Gasteiger partial charge on any atom is -0.341 e. The number of imidazole rings is 1. The van der Waals surface area contributed by atoms with Gasteiger partial charge in [-0.1, -0.05) is 31.9 Å². The standard InChI is InChI=1S/C11H14ClN5O/c1-3-6(2)4-7(18)15-11-16-9(12)8-10(17-11)14-5-13-8/h5-6H,3-4H2,1-2H3,(H2,13,14,15,16,17,18). The number of fused-ring (bicyclic) bond motifs is 1. The van der Waals surface area contributed by atoms with E-state index in [1.165, 1.54) is 6.33 Å². The van der Waals surface area contributed by atoms with E-state index in [0.717, 1.165) is 6.42 Å². The number of carbonyl (C=O) groups is 1. The van der Waals surface area contributed by atoms with Crippen LogP contribution in [0.2, 0.25) is 5.15 Å². The number of rotatable bonds is 4. The van der Waals surface area contributed by atoms with E-state index < -0.39 is 0 Å². The Hall–Kier alpha value is -1.69. The Labute approximate surface area is 109 Å². The van der Waals surface area contributed by atoms with Crippen LogP contribution in [-0.4, -0.2) is 25.8 Å². The lowest BCUT2D eigenvalue weighted by Gasteiger charge is -2.08. The van der Waals surface area contributed by atoms with Gasteiger partial charge in [-0.05, 0) is 5.92 Å². The van der Waals surface area contributed by atoms with E-state index in [2.05, 4.69) is 25.3 Å². The van der Waals surface area contributed by atoms with Crippen molar-refractivity contribution in [1.29, 1.82) is 0 Å². The van der Waals surface area contributed by atoms with E-state index >= 15 is 0 Å². The number of halogens is 1. The molecule has 1 amide bonds. The zero-order valence-electron chi connectivity index (χ0n) is 10.2. The predicted molar refractivity (Wildman–Crippen MR) is 69.4 cm³/mol. The quantitative estimate of drug-likeness (QED) is 0.833. The molecule has 6 nitrogen and oxygen atoms in total. The van der Waals surface area contributed by atoms with Crippen LogP contribution in [0.4, 0.5) is 5.95 Å². The van der Waals surface area contributed by atoms with E-state index in [9.17, 15) is 4.79 Å². The van der Waals surface area contributed by atoms with Gasteiger partial charge in [-0.2, -0.15) is 9.97 Å². The molecule has 0 radical (unpaired) electrons. The lowest BCUT2D eigenvalue weighted by molar-refractivity contribution is -0.117. The highest BCUT2D eigenvalue weighted by atomic mass is 35.5. The first-order chi connectivity index (χ1) is 8.60. The summed E-state index contributed by atoms with van der Waals surface area (Å²) in [6.07, 6.45) is 2.87. The Morgan fingerprint density at radius 1 is 1.56 bits per heavy atom. The number of hydrogen-bond donors (Lipinski definition) is 2. The van der Waals surface area contributed by atoms with Crippen molar-refractivity contribution in [2.45, 2.75) is 26.7 Å². The van der Waals surface area contributed by atoms with Crippen molar-refractivity contribution in [3.63, 3.8) is 0 Å². The lowest BCUT2D eigenvalue weighted by Crippen LogP contribution is -2.16. The van der Waals surface area contributed by atoms with Gasteiger partial charge in [0, 0.05) is 6.42 Å². The van der Waals surface area contributed by atoms with E-state index in [1.54, 1.807) is 0 Å². The molecule has 0 spiro atoms. The average molecular weight is 268 g/mol. The summed E-state index contributed by atoms with van der Waals surface area (Å²) in [5.74, 6) is 0.401. The fraction of sp³-hybridized carbons (Fsp3) is 0.455. The highest BCUT2D eigenvalue weighted by Crippen LogP contribution is 2.18. The Kier molecular flexibility index (Phi) is 3.76. The molecule has 7 heteroatoms. The van der Waals surface area contributed by atoms with Gasteiger partial charge in [0.1, 0.15) is 5.52 Å². The minimum absolute atomic E-state index is 0.115.